The van der Waals surface area contributed by atoms with Crippen molar-refractivity contribution in [3.05, 3.63) is 29.6 Å². The topological polar surface area (TPSA) is 24.5 Å². The Morgan fingerprint density at radius 1 is 1.42 bits per heavy atom. The Balaban J connectivity index is 1.63. The van der Waals surface area contributed by atoms with Crippen LogP contribution < -0.4 is 10.1 Å². The molecule has 1 aromatic rings. The van der Waals surface area contributed by atoms with Crippen molar-refractivity contribution in [1.82, 2.24) is 10.2 Å². The number of rotatable bonds is 2. The largest absolute Gasteiger partial charge is 0.488 e. The van der Waals surface area contributed by atoms with Crippen molar-refractivity contribution in [2.45, 2.75) is 31.9 Å². The summed E-state index contributed by atoms with van der Waals surface area (Å²) >= 11 is 0. The molecule has 0 spiro atoms. The Labute approximate surface area is 113 Å². The van der Waals surface area contributed by atoms with E-state index in [0.29, 0.717) is 6.04 Å². The average molecular weight is 264 g/mol. The number of benzene rings is 1. The average Bonchev–Trinajstić information content (AvgIpc) is 2.66. The van der Waals surface area contributed by atoms with Crippen molar-refractivity contribution in [3.8, 4) is 5.75 Å². The highest BCUT2D eigenvalue weighted by atomic mass is 19.1. The monoisotopic (exact) mass is 264 g/mol. The van der Waals surface area contributed by atoms with Crippen molar-refractivity contribution in [3.63, 3.8) is 0 Å². The number of nitrogens with zero attached hydrogens (tertiary/aromatic N) is 1. The predicted octanol–water partition coefficient (Wildman–Crippen LogP) is 1.81. The predicted molar refractivity (Wildman–Crippen MR) is 73.0 cm³/mol. The van der Waals surface area contributed by atoms with Crippen LogP contribution in [0.4, 0.5) is 4.39 Å². The summed E-state index contributed by atoms with van der Waals surface area (Å²) in [6.07, 6.45) is 2.16. The number of hydrogen-bond acceptors (Lipinski definition) is 3. The van der Waals surface area contributed by atoms with Crippen molar-refractivity contribution in [1.29, 1.82) is 0 Å². The number of nitrogens with one attached hydrogen (secondary N) is 1. The minimum absolute atomic E-state index is 0.164. The smallest absolute Gasteiger partial charge is 0.123 e. The van der Waals surface area contributed by atoms with Crippen LogP contribution in [0.15, 0.2) is 18.2 Å². The van der Waals surface area contributed by atoms with Gasteiger partial charge in [-0.2, -0.15) is 0 Å². The summed E-state index contributed by atoms with van der Waals surface area (Å²) in [5.74, 6) is 0.683. The first-order chi connectivity index (χ1) is 9.22. The van der Waals surface area contributed by atoms with Gasteiger partial charge in [-0.05, 0) is 38.1 Å². The van der Waals surface area contributed by atoms with Crippen LogP contribution in [0.2, 0.25) is 0 Å². The molecule has 19 heavy (non-hydrogen) atoms. The van der Waals surface area contributed by atoms with Gasteiger partial charge in [-0.15, -0.1) is 0 Å². The minimum Gasteiger partial charge on any atom is -0.488 e. The minimum atomic E-state index is -0.171. The van der Waals surface area contributed by atoms with Crippen molar-refractivity contribution >= 4 is 0 Å². The number of hydrogen-bond donors (Lipinski definition) is 1. The molecule has 0 bridgehead atoms. The van der Waals surface area contributed by atoms with E-state index < -0.39 is 0 Å². The van der Waals surface area contributed by atoms with E-state index in [1.165, 1.54) is 12.5 Å². The number of ether oxygens (including phenoxy) is 1. The van der Waals surface area contributed by atoms with Crippen molar-refractivity contribution in [2.24, 2.45) is 0 Å². The first-order valence-electron chi connectivity index (χ1n) is 7.12. The second kappa shape index (κ2) is 5.47. The fourth-order valence-corrected chi connectivity index (χ4v) is 2.99. The molecule has 1 N–H and O–H groups in total. The Hall–Kier alpha value is -1.13. The summed E-state index contributed by atoms with van der Waals surface area (Å²) in [5, 5.41) is 3.43. The molecule has 0 radical (unpaired) electrons. The molecule has 0 saturated carbocycles. The van der Waals surface area contributed by atoms with Crippen LogP contribution in [0.3, 0.4) is 0 Å². The van der Waals surface area contributed by atoms with E-state index in [2.05, 4.69) is 17.1 Å². The summed E-state index contributed by atoms with van der Waals surface area (Å²) in [5.41, 5.74) is 1.01. The molecule has 3 rings (SSSR count). The summed E-state index contributed by atoms with van der Waals surface area (Å²) in [6.45, 7) is 6.40. The lowest BCUT2D eigenvalue weighted by Gasteiger charge is -2.28. The maximum absolute atomic E-state index is 13.2. The lowest BCUT2D eigenvalue weighted by atomic mass is 10.1. The van der Waals surface area contributed by atoms with Gasteiger partial charge in [-0.1, -0.05) is 0 Å². The highest BCUT2D eigenvalue weighted by molar-refractivity contribution is 5.37. The van der Waals surface area contributed by atoms with E-state index in [9.17, 15) is 4.39 Å². The van der Waals surface area contributed by atoms with Crippen LogP contribution in [-0.2, 0) is 6.42 Å². The van der Waals surface area contributed by atoms with Gasteiger partial charge < -0.3 is 10.1 Å². The molecule has 2 atom stereocenters. The highest BCUT2D eigenvalue weighted by Crippen LogP contribution is 2.29. The first kappa shape index (κ1) is 12.9. The molecule has 0 aromatic heterocycles. The molecule has 0 aliphatic carbocycles. The van der Waals surface area contributed by atoms with E-state index in [1.807, 2.05) is 0 Å². The zero-order chi connectivity index (χ0) is 13.2. The van der Waals surface area contributed by atoms with Gasteiger partial charge in [0.05, 0.1) is 0 Å². The summed E-state index contributed by atoms with van der Waals surface area (Å²) in [7, 11) is 0. The second-order valence-corrected chi connectivity index (χ2v) is 5.58. The van der Waals surface area contributed by atoms with Gasteiger partial charge in [-0.25, -0.2) is 4.39 Å². The summed E-state index contributed by atoms with van der Waals surface area (Å²) in [6, 6.07) is 5.40. The number of halogens is 1. The Kier molecular flexibility index (Phi) is 3.71. The molecule has 104 valence electrons. The lowest BCUT2D eigenvalue weighted by molar-refractivity contribution is 0.127. The van der Waals surface area contributed by atoms with E-state index >= 15 is 0 Å². The SMILES string of the molecule is CC1CCNCCN1CC1Cc2cc(F)ccc2O1. The van der Waals surface area contributed by atoms with E-state index in [1.54, 1.807) is 12.1 Å². The van der Waals surface area contributed by atoms with Crippen LogP contribution in [0.1, 0.15) is 18.9 Å². The highest BCUT2D eigenvalue weighted by Gasteiger charge is 2.27. The van der Waals surface area contributed by atoms with Gasteiger partial charge in [0.15, 0.2) is 0 Å². The summed E-state index contributed by atoms with van der Waals surface area (Å²) < 4.78 is 19.1. The molecule has 1 fully saturated rings. The first-order valence-corrected chi connectivity index (χ1v) is 7.12. The van der Waals surface area contributed by atoms with E-state index in [-0.39, 0.29) is 11.9 Å². The molecule has 2 aliphatic rings. The molecule has 2 aliphatic heterocycles. The van der Waals surface area contributed by atoms with Gasteiger partial charge >= 0.3 is 0 Å². The Morgan fingerprint density at radius 3 is 3.21 bits per heavy atom. The number of fused-ring (bicyclic) bond motifs is 1. The Bertz CT molecular complexity index is 452. The third-order valence-corrected chi connectivity index (χ3v) is 4.14. The molecule has 2 unspecified atom stereocenters. The normalized spacial score (nSPS) is 27.7. The molecule has 1 saturated heterocycles. The van der Waals surface area contributed by atoms with Crippen LogP contribution in [0.25, 0.3) is 0 Å². The molecule has 1 aromatic carbocycles. The fourth-order valence-electron chi connectivity index (χ4n) is 2.99. The molecule has 4 heteroatoms. The van der Waals surface area contributed by atoms with Crippen LogP contribution >= 0.6 is 0 Å². The van der Waals surface area contributed by atoms with Gasteiger partial charge in [0, 0.05) is 37.7 Å². The molecular weight excluding hydrogens is 243 g/mol. The lowest BCUT2D eigenvalue weighted by Crippen LogP contribution is -2.41. The van der Waals surface area contributed by atoms with Gasteiger partial charge in [0.25, 0.3) is 0 Å². The van der Waals surface area contributed by atoms with E-state index in [4.69, 9.17) is 4.74 Å². The maximum Gasteiger partial charge on any atom is 0.123 e. The molecule has 3 nitrogen and oxygen atoms in total. The van der Waals surface area contributed by atoms with Crippen LogP contribution in [0, 0.1) is 5.82 Å². The molecular formula is C15H21FN2O. The standard InChI is InChI=1S/C15H21FN2O/c1-11-4-5-17-6-7-18(11)10-14-9-12-8-13(16)2-3-15(12)19-14/h2-3,8,11,14,17H,4-7,9-10H2,1H3. The third-order valence-electron chi connectivity index (χ3n) is 4.14. The van der Waals surface area contributed by atoms with Crippen molar-refractivity contribution in [2.75, 3.05) is 26.2 Å². The van der Waals surface area contributed by atoms with Gasteiger partial charge in [0.2, 0.25) is 0 Å². The Morgan fingerprint density at radius 2 is 2.32 bits per heavy atom. The maximum atomic E-state index is 13.2. The van der Waals surface area contributed by atoms with Crippen LogP contribution in [-0.4, -0.2) is 43.2 Å². The second-order valence-electron chi connectivity index (χ2n) is 5.58. The van der Waals surface area contributed by atoms with Gasteiger partial charge in [0.1, 0.15) is 17.7 Å². The van der Waals surface area contributed by atoms with Gasteiger partial charge in [-0.3, -0.25) is 4.90 Å². The quantitative estimate of drug-likeness (QED) is 0.881. The van der Waals surface area contributed by atoms with Crippen molar-refractivity contribution < 1.29 is 9.13 Å². The fraction of sp³-hybridized carbons (Fsp3) is 0.600. The van der Waals surface area contributed by atoms with E-state index in [0.717, 1.165) is 43.9 Å². The van der Waals surface area contributed by atoms with Crippen LogP contribution in [0.5, 0.6) is 5.75 Å². The zero-order valence-electron chi connectivity index (χ0n) is 11.4. The molecule has 2 heterocycles. The summed E-state index contributed by atoms with van der Waals surface area (Å²) in [4.78, 5) is 2.48. The zero-order valence-corrected chi connectivity index (χ0v) is 11.4. The molecule has 0 amide bonds. The third kappa shape index (κ3) is 2.90.